The molecule has 3 N–H and O–H groups in total. The van der Waals surface area contributed by atoms with E-state index in [4.69, 9.17) is 15.7 Å². The van der Waals surface area contributed by atoms with Gasteiger partial charge >= 0.3 is 5.97 Å². The van der Waals surface area contributed by atoms with Crippen LogP contribution in [0.1, 0.15) is 52.2 Å². The number of oxime groups is 1. The molecule has 24 heavy (non-hydrogen) atoms. The second kappa shape index (κ2) is 8.68. The maximum Gasteiger partial charge on any atom is 0.307 e. The van der Waals surface area contributed by atoms with Crippen molar-refractivity contribution in [3.63, 3.8) is 0 Å². The number of carbonyl (C=O) groups is 1. The summed E-state index contributed by atoms with van der Waals surface area (Å²) < 4.78 is 5.36. The highest BCUT2D eigenvalue weighted by Gasteiger charge is 2.18. The van der Waals surface area contributed by atoms with Gasteiger partial charge in [0.15, 0.2) is 5.84 Å². The minimum absolute atomic E-state index is 0.0849. The Morgan fingerprint density at radius 3 is 2.58 bits per heavy atom. The van der Waals surface area contributed by atoms with E-state index in [1.807, 2.05) is 39.0 Å². The first-order chi connectivity index (χ1) is 11.1. The number of nitrogens with two attached hydrogens (primary N) is 1. The number of nitrogens with zero attached hydrogens (tertiary/aromatic N) is 2. The Kier molecular flexibility index (Phi) is 7.22. The zero-order valence-corrected chi connectivity index (χ0v) is 15.2. The van der Waals surface area contributed by atoms with Gasteiger partial charge in [0.1, 0.15) is 5.60 Å². The average molecular weight is 335 g/mol. The van der Waals surface area contributed by atoms with Crippen LogP contribution in [-0.2, 0) is 16.1 Å². The molecule has 0 aliphatic heterocycles. The lowest BCUT2D eigenvalue weighted by Crippen LogP contribution is -2.34. The molecule has 0 aliphatic carbocycles. The van der Waals surface area contributed by atoms with Gasteiger partial charge in [-0.25, -0.2) is 0 Å². The highest BCUT2D eigenvalue weighted by atomic mass is 16.6. The van der Waals surface area contributed by atoms with Gasteiger partial charge in [0.25, 0.3) is 0 Å². The van der Waals surface area contributed by atoms with Crippen LogP contribution in [0.5, 0.6) is 0 Å². The van der Waals surface area contributed by atoms with E-state index >= 15 is 0 Å². The number of carbonyl (C=O) groups excluding carboxylic acids is 1. The Morgan fingerprint density at radius 2 is 2.04 bits per heavy atom. The summed E-state index contributed by atoms with van der Waals surface area (Å²) in [5.41, 5.74) is 6.88. The first kappa shape index (κ1) is 20.0. The summed E-state index contributed by atoms with van der Waals surface area (Å²) in [6.45, 7) is 11.1. The Balaban J connectivity index is 2.72. The molecule has 0 heterocycles. The SMILES string of the molecule is CC(C)N(CCC(=O)OC(C)(C)C)Cc1cccc(/C(N)=N/O)c1. The second-order valence-electron chi connectivity index (χ2n) is 7.09. The van der Waals surface area contributed by atoms with Crippen molar-refractivity contribution >= 4 is 11.8 Å². The van der Waals surface area contributed by atoms with E-state index in [0.717, 1.165) is 5.56 Å². The fourth-order valence-electron chi connectivity index (χ4n) is 2.27. The van der Waals surface area contributed by atoms with Crippen molar-refractivity contribution in [2.75, 3.05) is 6.54 Å². The van der Waals surface area contributed by atoms with Gasteiger partial charge in [-0.2, -0.15) is 0 Å². The molecule has 0 amide bonds. The number of ether oxygens (including phenoxy) is 1. The third-order valence-electron chi connectivity index (χ3n) is 3.47. The lowest BCUT2D eigenvalue weighted by atomic mass is 10.1. The van der Waals surface area contributed by atoms with Gasteiger partial charge in [0.05, 0.1) is 6.42 Å². The predicted molar refractivity (Wildman–Crippen MR) is 95.0 cm³/mol. The van der Waals surface area contributed by atoms with Crippen molar-refractivity contribution in [1.29, 1.82) is 0 Å². The van der Waals surface area contributed by atoms with Crippen LogP contribution in [0.25, 0.3) is 0 Å². The molecule has 0 radical (unpaired) electrons. The van der Waals surface area contributed by atoms with E-state index < -0.39 is 5.60 Å². The lowest BCUT2D eigenvalue weighted by Gasteiger charge is -2.27. The van der Waals surface area contributed by atoms with E-state index in [9.17, 15) is 4.79 Å². The molecule has 1 aromatic carbocycles. The van der Waals surface area contributed by atoms with Crippen molar-refractivity contribution < 1.29 is 14.7 Å². The number of benzene rings is 1. The van der Waals surface area contributed by atoms with Gasteiger partial charge in [0.2, 0.25) is 0 Å². The maximum atomic E-state index is 11.9. The van der Waals surface area contributed by atoms with E-state index in [1.54, 1.807) is 6.07 Å². The molecule has 1 aromatic rings. The van der Waals surface area contributed by atoms with Crippen LogP contribution in [0.3, 0.4) is 0 Å². The summed E-state index contributed by atoms with van der Waals surface area (Å²) in [6, 6.07) is 7.81. The first-order valence-electron chi connectivity index (χ1n) is 8.15. The molecular weight excluding hydrogens is 306 g/mol. The van der Waals surface area contributed by atoms with Gasteiger partial charge in [0, 0.05) is 24.7 Å². The number of hydrogen-bond donors (Lipinski definition) is 2. The summed E-state index contributed by atoms with van der Waals surface area (Å²) in [7, 11) is 0. The van der Waals surface area contributed by atoms with Crippen molar-refractivity contribution in [2.24, 2.45) is 10.9 Å². The van der Waals surface area contributed by atoms with Crippen molar-refractivity contribution in [3.05, 3.63) is 35.4 Å². The Bertz CT molecular complexity index is 577. The van der Waals surface area contributed by atoms with Gasteiger partial charge in [-0.3, -0.25) is 9.69 Å². The van der Waals surface area contributed by atoms with E-state index in [2.05, 4.69) is 23.9 Å². The van der Waals surface area contributed by atoms with Crippen LogP contribution in [0.4, 0.5) is 0 Å². The summed E-state index contributed by atoms with van der Waals surface area (Å²) in [4.78, 5) is 14.1. The van der Waals surface area contributed by atoms with Crippen LogP contribution < -0.4 is 5.73 Å². The van der Waals surface area contributed by atoms with Crippen molar-refractivity contribution in [2.45, 2.75) is 59.2 Å². The summed E-state index contributed by atoms with van der Waals surface area (Å²) in [6.07, 6.45) is 0.343. The van der Waals surface area contributed by atoms with E-state index in [0.29, 0.717) is 25.1 Å². The highest BCUT2D eigenvalue weighted by Crippen LogP contribution is 2.13. The molecule has 0 atom stereocenters. The minimum atomic E-state index is -0.463. The van der Waals surface area contributed by atoms with E-state index in [-0.39, 0.29) is 17.8 Å². The Labute approximate surface area is 144 Å². The standard InChI is InChI=1S/C18H29N3O3/c1-13(2)21(10-9-16(22)24-18(3,4)5)12-14-7-6-8-15(11-14)17(19)20-23/h6-8,11,13,23H,9-10,12H2,1-5H3,(H2,19,20). The summed E-state index contributed by atoms with van der Waals surface area (Å²) in [5, 5.41) is 11.8. The maximum absolute atomic E-state index is 11.9. The molecule has 0 fully saturated rings. The summed E-state index contributed by atoms with van der Waals surface area (Å²) in [5.74, 6) is -0.111. The zero-order chi connectivity index (χ0) is 18.3. The number of amidine groups is 1. The average Bonchev–Trinajstić information content (AvgIpc) is 2.48. The molecule has 0 bridgehead atoms. The molecule has 134 valence electrons. The highest BCUT2D eigenvalue weighted by molar-refractivity contribution is 5.97. The molecular formula is C18H29N3O3. The quantitative estimate of drug-likeness (QED) is 0.263. The van der Waals surface area contributed by atoms with Crippen molar-refractivity contribution in [3.8, 4) is 0 Å². The zero-order valence-electron chi connectivity index (χ0n) is 15.2. The Morgan fingerprint density at radius 1 is 1.38 bits per heavy atom. The topological polar surface area (TPSA) is 88.2 Å². The third-order valence-corrected chi connectivity index (χ3v) is 3.47. The van der Waals surface area contributed by atoms with Gasteiger partial charge in [-0.05, 0) is 46.2 Å². The van der Waals surface area contributed by atoms with Crippen LogP contribution >= 0.6 is 0 Å². The predicted octanol–water partition coefficient (Wildman–Crippen LogP) is 2.72. The third kappa shape index (κ3) is 7.00. The Hall–Kier alpha value is -2.08. The van der Waals surface area contributed by atoms with E-state index in [1.165, 1.54) is 0 Å². The number of rotatable bonds is 7. The second-order valence-corrected chi connectivity index (χ2v) is 7.09. The minimum Gasteiger partial charge on any atom is -0.460 e. The molecule has 0 saturated carbocycles. The molecule has 0 aliphatic rings. The fraction of sp³-hybridized carbons (Fsp3) is 0.556. The molecule has 6 heteroatoms. The number of hydrogen-bond acceptors (Lipinski definition) is 5. The van der Waals surface area contributed by atoms with Gasteiger partial charge in [-0.15, -0.1) is 0 Å². The number of esters is 1. The van der Waals surface area contributed by atoms with Gasteiger partial charge < -0.3 is 15.7 Å². The fourth-order valence-corrected chi connectivity index (χ4v) is 2.27. The molecule has 6 nitrogen and oxygen atoms in total. The lowest BCUT2D eigenvalue weighted by molar-refractivity contribution is -0.155. The molecule has 0 aromatic heterocycles. The first-order valence-corrected chi connectivity index (χ1v) is 8.15. The van der Waals surface area contributed by atoms with Crippen LogP contribution in [0.2, 0.25) is 0 Å². The van der Waals surface area contributed by atoms with Crippen LogP contribution in [0, 0.1) is 0 Å². The van der Waals surface area contributed by atoms with Crippen molar-refractivity contribution in [1.82, 2.24) is 4.90 Å². The van der Waals surface area contributed by atoms with Crippen LogP contribution in [0.15, 0.2) is 29.4 Å². The van der Waals surface area contributed by atoms with Crippen LogP contribution in [-0.4, -0.2) is 40.1 Å². The molecule has 0 spiro atoms. The van der Waals surface area contributed by atoms with Gasteiger partial charge in [-0.1, -0.05) is 23.4 Å². The largest absolute Gasteiger partial charge is 0.460 e. The molecule has 1 rings (SSSR count). The molecule has 0 unspecified atom stereocenters. The monoisotopic (exact) mass is 335 g/mol. The smallest absolute Gasteiger partial charge is 0.307 e. The summed E-state index contributed by atoms with van der Waals surface area (Å²) >= 11 is 0. The molecule has 0 saturated heterocycles. The normalized spacial score (nSPS) is 12.7.